The molecule has 2 aromatic rings. The largest absolute Gasteiger partial charge is 0.323 e. The Morgan fingerprint density at radius 1 is 1.40 bits per heavy atom. The number of rotatable bonds is 4. The number of hydrogen-bond donors (Lipinski definition) is 3. The number of nitrogens with two attached hydrogens (primary N) is 1. The van der Waals surface area contributed by atoms with Gasteiger partial charge in [0, 0.05) is 12.2 Å². The van der Waals surface area contributed by atoms with Crippen LogP contribution in [0.4, 0.5) is 11.4 Å². The van der Waals surface area contributed by atoms with E-state index in [0.717, 1.165) is 5.56 Å². The minimum Gasteiger partial charge on any atom is -0.323 e. The van der Waals surface area contributed by atoms with Gasteiger partial charge in [0.1, 0.15) is 0 Å². The molecule has 0 unspecified atom stereocenters. The summed E-state index contributed by atoms with van der Waals surface area (Å²) in [6.07, 6.45) is 3.43. The van der Waals surface area contributed by atoms with Crippen molar-refractivity contribution >= 4 is 17.3 Å². The summed E-state index contributed by atoms with van der Waals surface area (Å²) in [5, 5.41) is 7.00. The van der Waals surface area contributed by atoms with Gasteiger partial charge in [0.05, 0.1) is 23.1 Å². The Hall–Kier alpha value is -2.34. The molecule has 1 aromatic carbocycles. The minimum absolute atomic E-state index is 0.218. The van der Waals surface area contributed by atoms with Crippen LogP contribution in [0.5, 0.6) is 0 Å². The number of carbonyl (C=O) groups excluding carboxylic acids is 1. The summed E-state index contributed by atoms with van der Waals surface area (Å²) in [6.45, 7) is 5.97. The van der Waals surface area contributed by atoms with Crippen LogP contribution < -0.4 is 16.6 Å². The molecule has 0 aliphatic heterocycles. The summed E-state index contributed by atoms with van der Waals surface area (Å²) in [5.41, 5.74) is 5.28. The van der Waals surface area contributed by atoms with Gasteiger partial charge >= 0.3 is 0 Å². The number of nitrogen functional groups attached to an aromatic ring is 1. The maximum Gasteiger partial charge on any atom is 0.257 e. The summed E-state index contributed by atoms with van der Waals surface area (Å²) in [7, 11) is 0. The standard InChI is InChI=1S/C14H19N5O/c1-9(2)19-8-11(7-16-19)17-14(20)12-6-10(3)4-5-13(12)18-15/h4-9,18H,15H2,1-3H3,(H,17,20). The highest BCUT2D eigenvalue weighted by molar-refractivity contribution is 6.08. The predicted molar refractivity (Wildman–Crippen MR) is 79.6 cm³/mol. The number of aryl methyl sites for hydroxylation is 1. The molecule has 0 saturated carbocycles. The number of benzene rings is 1. The molecule has 6 nitrogen and oxygen atoms in total. The van der Waals surface area contributed by atoms with Crippen molar-refractivity contribution in [3.63, 3.8) is 0 Å². The average Bonchev–Trinajstić information content (AvgIpc) is 2.87. The summed E-state index contributed by atoms with van der Waals surface area (Å²) < 4.78 is 1.79. The Balaban J connectivity index is 2.21. The first kappa shape index (κ1) is 14.1. The summed E-state index contributed by atoms with van der Waals surface area (Å²) >= 11 is 0. The molecular formula is C14H19N5O. The monoisotopic (exact) mass is 273 g/mol. The SMILES string of the molecule is Cc1ccc(NN)c(C(=O)Nc2cnn(C(C)C)c2)c1. The van der Waals surface area contributed by atoms with Gasteiger partial charge in [-0.25, -0.2) is 0 Å². The van der Waals surface area contributed by atoms with E-state index in [2.05, 4.69) is 15.8 Å². The van der Waals surface area contributed by atoms with Gasteiger partial charge in [0.25, 0.3) is 5.91 Å². The third-order valence-corrected chi connectivity index (χ3v) is 2.96. The summed E-state index contributed by atoms with van der Waals surface area (Å²) in [4.78, 5) is 12.3. The third kappa shape index (κ3) is 2.97. The van der Waals surface area contributed by atoms with Crippen LogP contribution in [0.2, 0.25) is 0 Å². The number of hydrogen-bond acceptors (Lipinski definition) is 4. The summed E-state index contributed by atoms with van der Waals surface area (Å²) in [5.74, 6) is 5.21. The van der Waals surface area contributed by atoms with Gasteiger partial charge in [-0.2, -0.15) is 5.10 Å². The molecule has 0 aliphatic rings. The minimum atomic E-state index is -0.218. The van der Waals surface area contributed by atoms with Gasteiger partial charge in [0.2, 0.25) is 0 Å². The molecule has 0 atom stereocenters. The molecule has 0 radical (unpaired) electrons. The average molecular weight is 273 g/mol. The van der Waals surface area contributed by atoms with E-state index in [-0.39, 0.29) is 11.9 Å². The third-order valence-electron chi connectivity index (χ3n) is 2.96. The van der Waals surface area contributed by atoms with Gasteiger partial charge in [-0.05, 0) is 32.9 Å². The van der Waals surface area contributed by atoms with E-state index in [1.807, 2.05) is 26.8 Å². The second-order valence-electron chi connectivity index (χ2n) is 4.95. The lowest BCUT2D eigenvalue weighted by Crippen LogP contribution is -2.17. The number of anilines is 2. The summed E-state index contributed by atoms with van der Waals surface area (Å²) in [6, 6.07) is 5.71. The number of aromatic nitrogens is 2. The number of carbonyl (C=O) groups is 1. The first-order valence-corrected chi connectivity index (χ1v) is 6.44. The van der Waals surface area contributed by atoms with Crippen molar-refractivity contribution in [2.24, 2.45) is 5.84 Å². The van der Waals surface area contributed by atoms with Gasteiger partial charge in [-0.1, -0.05) is 11.6 Å². The maximum absolute atomic E-state index is 12.3. The van der Waals surface area contributed by atoms with Crippen molar-refractivity contribution in [2.45, 2.75) is 26.8 Å². The first-order chi connectivity index (χ1) is 9.51. The van der Waals surface area contributed by atoms with Crippen molar-refractivity contribution in [1.29, 1.82) is 0 Å². The molecule has 1 amide bonds. The van der Waals surface area contributed by atoms with Gasteiger partial charge < -0.3 is 10.7 Å². The zero-order valence-electron chi connectivity index (χ0n) is 11.8. The smallest absolute Gasteiger partial charge is 0.257 e. The Morgan fingerprint density at radius 3 is 2.75 bits per heavy atom. The van der Waals surface area contributed by atoms with Crippen LogP contribution in [-0.4, -0.2) is 15.7 Å². The fourth-order valence-electron chi connectivity index (χ4n) is 1.86. The topological polar surface area (TPSA) is 85.0 Å². The van der Waals surface area contributed by atoms with Crippen LogP contribution >= 0.6 is 0 Å². The molecule has 0 spiro atoms. The van der Waals surface area contributed by atoms with Gasteiger partial charge in [0.15, 0.2) is 0 Å². The number of nitrogens with zero attached hydrogens (tertiary/aromatic N) is 2. The molecule has 1 heterocycles. The molecule has 0 saturated heterocycles. The fraction of sp³-hybridized carbons (Fsp3) is 0.286. The maximum atomic E-state index is 12.3. The molecular weight excluding hydrogens is 254 g/mol. The van der Waals surface area contributed by atoms with Crippen LogP contribution in [0.15, 0.2) is 30.6 Å². The predicted octanol–water partition coefficient (Wildman–Crippen LogP) is 2.31. The highest BCUT2D eigenvalue weighted by Crippen LogP contribution is 2.18. The molecule has 4 N–H and O–H groups in total. The lowest BCUT2D eigenvalue weighted by molar-refractivity contribution is 0.102. The van der Waals surface area contributed by atoms with E-state index in [1.165, 1.54) is 0 Å². The Morgan fingerprint density at radius 2 is 2.15 bits per heavy atom. The number of amides is 1. The molecule has 2 rings (SSSR count). The first-order valence-electron chi connectivity index (χ1n) is 6.44. The second kappa shape index (κ2) is 5.75. The Kier molecular flexibility index (Phi) is 4.05. The van der Waals surface area contributed by atoms with Gasteiger partial charge in [-0.3, -0.25) is 15.3 Å². The van der Waals surface area contributed by atoms with E-state index in [9.17, 15) is 4.79 Å². The van der Waals surface area contributed by atoms with E-state index >= 15 is 0 Å². The van der Waals surface area contributed by atoms with Crippen LogP contribution in [0.1, 0.15) is 35.8 Å². The van der Waals surface area contributed by atoms with E-state index in [4.69, 9.17) is 5.84 Å². The molecule has 0 aliphatic carbocycles. The van der Waals surface area contributed by atoms with Crippen LogP contribution in [-0.2, 0) is 0 Å². The lowest BCUT2D eigenvalue weighted by atomic mass is 10.1. The van der Waals surface area contributed by atoms with Gasteiger partial charge in [-0.15, -0.1) is 0 Å². The Bertz CT molecular complexity index is 618. The molecule has 106 valence electrons. The zero-order chi connectivity index (χ0) is 14.7. The highest BCUT2D eigenvalue weighted by Gasteiger charge is 2.12. The van der Waals surface area contributed by atoms with Crippen molar-refractivity contribution in [1.82, 2.24) is 9.78 Å². The second-order valence-corrected chi connectivity index (χ2v) is 4.95. The Labute approximate surface area is 117 Å². The number of hydrazine groups is 1. The molecule has 6 heteroatoms. The normalized spacial score (nSPS) is 10.7. The van der Waals surface area contributed by atoms with Crippen molar-refractivity contribution in [3.05, 3.63) is 41.7 Å². The van der Waals surface area contributed by atoms with E-state index < -0.39 is 0 Å². The van der Waals surface area contributed by atoms with Crippen LogP contribution in [0.25, 0.3) is 0 Å². The van der Waals surface area contributed by atoms with Crippen molar-refractivity contribution in [3.8, 4) is 0 Å². The van der Waals surface area contributed by atoms with Crippen molar-refractivity contribution in [2.75, 3.05) is 10.7 Å². The molecule has 0 fully saturated rings. The molecule has 20 heavy (non-hydrogen) atoms. The fourth-order valence-corrected chi connectivity index (χ4v) is 1.86. The number of nitrogens with one attached hydrogen (secondary N) is 2. The highest BCUT2D eigenvalue weighted by atomic mass is 16.1. The van der Waals surface area contributed by atoms with Crippen molar-refractivity contribution < 1.29 is 4.79 Å². The zero-order valence-corrected chi connectivity index (χ0v) is 11.8. The van der Waals surface area contributed by atoms with Crippen LogP contribution in [0.3, 0.4) is 0 Å². The lowest BCUT2D eigenvalue weighted by Gasteiger charge is -2.09. The van der Waals surface area contributed by atoms with E-state index in [0.29, 0.717) is 16.9 Å². The molecule has 0 bridgehead atoms. The van der Waals surface area contributed by atoms with E-state index in [1.54, 1.807) is 29.2 Å². The quantitative estimate of drug-likeness (QED) is 0.589. The molecule has 1 aromatic heterocycles. The van der Waals surface area contributed by atoms with Crippen LogP contribution in [0, 0.1) is 6.92 Å².